The second kappa shape index (κ2) is 7.90. The molecule has 3 rings (SSSR count). The SMILES string of the molecule is O=C(/C(=N/N=C\c1ccc(O)c(O)c1)c1ccccc1)c1ccccc1. The molecule has 3 aromatic rings. The fourth-order valence-electron chi connectivity index (χ4n) is 2.33. The third-order valence-corrected chi connectivity index (χ3v) is 3.66. The highest BCUT2D eigenvalue weighted by molar-refractivity contribution is 6.51. The summed E-state index contributed by atoms with van der Waals surface area (Å²) in [6.07, 6.45) is 1.40. The first-order valence-electron chi connectivity index (χ1n) is 7.93. The van der Waals surface area contributed by atoms with E-state index in [-0.39, 0.29) is 23.0 Å². The number of Topliss-reactive ketones (excluding diaryl/α,β-unsaturated/α-hetero) is 1. The molecule has 0 bridgehead atoms. The van der Waals surface area contributed by atoms with Crippen molar-refractivity contribution in [3.8, 4) is 11.5 Å². The molecule has 0 saturated carbocycles. The maximum absolute atomic E-state index is 12.8. The lowest BCUT2D eigenvalue weighted by Gasteiger charge is -2.04. The van der Waals surface area contributed by atoms with Gasteiger partial charge in [0.2, 0.25) is 5.78 Å². The van der Waals surface area contributed by atoms with Crippen LogP contribution in [0.2, 0.25) is 0 Å². The zero-order valence-corrected chi connectivity index (χ0v) is 13.8. The average Bonchev–Trinajstić information content (AvgIpc) is 2.69. The molecular formula is C21H16N2O3. The lowest BCUT2D eigenvalue weighted by molar-refractivity contribution is 0.106. The van der Waals surface area contributed by atoms with E-state index in [0.29, 0.717) is 16.7 Å². The number of nitrogens with zero attached hydrogens (tertiary/aromatic N) is 2. The van der Waals surface area contributed by atoms with E-state index in [4.69, 9.17) is 0 Å². The maximum atomic E-state index is 12.8. The van der Waals surface area contributed by atoms with Crippen molar-refractivity contribution in [2.45, 2.75) is 0 Å². The van der Waals surface area contributed by atoms with Crippen molar-refractivity contribution >= 4 is 17.7 Å². The molecular weight excluding hydrogens is 328 g/mol. The summed E-state index contributed by atoms with van der Waals surface area (Å²) >= 11 is 0. The molecule has 0 unspecified atom stereocenters. The summed E-state index contributed by atoms with van der Waals surface area (Å²) in [6.45, 7) is 0. The number of hydrogen-bond acceptors (Lipinski definition) is 5. The van der Waals surface area contributed by atoms with Gasteiger partial charge in [0, 0.05) is 11.1 Å². The highest BCUT2D eigenvalue weighted by Gasteiger charge is 2.15. The van der Waals surface area contributed by atoms with E-state index in [0.717, 1.165) is 0 Å². The summed E-state index contributed by atoms with van der Waals surface area (Å²) in [4.78, 5) is 12.8. The predicted octanol–water partition coefficient (Wildman–Crippen LogP) is 3.80. The Labute approximate surface area is 150 Å². The fourth-order valence-corrected chi connectivity index (χ4v) is 2.33. The van der Waals surface area contributed by atoms with Crippen LogP contribution >= 0.6 is 0 Å². The van der Waals surface area contributed by atoms with Crippen molar-refractivity contribution in [3.63, 3.8) is 0 Å². The van der Waals surface area contributed by atoms with E-state index >= 15 is 0 Å². The Bertz CT molecular complexity index is 965. The Morgan fingerprint density at radius 2 is 1.38 bits per heavy atom. The number of phenols is 2. The van der Waals surface area contributed by atoms with Gasteiger partial charge in [-0.15, -0.1) is 5.10 Å². The van der Waals surface area contributed by atoms with Crippen LogP contribution < -0.4 is 0 Å². The molecule has 0 heterocycles. The molecule has 5 heteroatoms. The van der Waals surface area contributed by atoms with Gasteiger partial charge in [0.25, 0.3) is 0 Å². The summed E-state index contributed by atoms with van der Waals surface area (Å²) in [6, 6.07) is 22.3. The van der Waals surface area contributed by atoms with Gasteiger partial charge in [-0.3, -0.25) is 4.79 Å². The minimum absolute atomic E-state index is 0.213. The highest BCUT2D eigenvalue weighted by Crippen LogP contribution is 2.24. The summed E-state index contributed by atoms with van der Waals surface area (Å²) in [7, 11) is 0. The van der Waals surface area contributed by atoms with Crippen LogP contribution in [0.25, 0.3) is 0 Å². The molecule has 26 heavy (non-hydrogen) atoms. The van der Waals surface area contributed by atoms with Crippen molar-refractivity contribution in [2.75, 3.05) is 0 Å². The molecule has 0 saturated heterocycles. The molecule has 0 atom stereocenters. The van der Waals surface area contributed by atoms with Crippen LogP contribution in [-0.2, 0) is 0 Å². The van der Waals surface area contributed by atoms with Crippen molar-refractivity contribution in [3.05, 3.63) is 95.6 Å². The molecule has 0 aromatic heterocycles. The predicted molar refractivity (Wildman–Crippen MR) is 101 cm³/mol. The zero-order chi connectivity index (χ0) is 18.4. The Balaban J connectivity index is 1.95. The number of aromatic hydroxyl groups is 2. The van der Waals surface area contributed by atoms with E-state index in [9.17, 15) is 15.0 Å². The summed E-state index contributed by atoms with van der Waals surface area (Å²) in [5.74, 6) is -0.695. The minimum Gasteiger partial charge on any atom is -0.504 e. The number of ketones is 1. The van der Waals surface area contributed by atoms with Crippen LogP contribution in [0.1, 0.15) is 21.5 Å². The van der Waals surface area contributed by atoms with Crippen molar-refractivity contribution in [2.24, 2.45) is 10.2 Å². The first-order chi connectivity index (χ1) is 12.6. The summed E-state index contributed by atoms with van der Waals surface area (Å²) in [5, 5.41) is 27.0. The average molecular weight is 344 g/mol. The number of carbonyl (C=O) groups is 1. The zero-order valence-electron chi connectivity index (χ0n) is 13.8. The van der Waals surface area contributed by atoms with Crippen LogP contribution in [-0.4, -0.2) is 27.9 Å². The van der Waals surface area contributed by atoms with Gasteiger partial charge in [-0.2, -0.15) is 5.10 Å². The summed E-state index contributed by atoms with van der Waals surface area (Å²) < 4.78 is 0. The van der Waals surface area contributed by atoms with Crippen LogP contribution in [0.15, 0.2) is 89.1 Å². The number of hydrogen-bond donors (Lipinski definition) is 2. The third-order valence-electron chi connectivity index (χ3n) is 3.66. The van der Waals surface area contributed by atoms with Gasteiger partial charge < -0.3 is 10.2 Å². The minimum atomic E-state index is -0.249. The van der Waals surface area contributed by atoms with Crippen molar-refractivity contribution < 1.29 is 15.0 Å². The molecule has 0 radical (unpaired) electrons. The van der Waals surface area contributed by atoms with E-state index in [1.165, 1.54) is 18.3 Å². The molecule has 128 valence electrons. The topological polar surface area (TPSA) is 82.2 Å². The number of benzene rings is 3. The molecule has 0 spiro atoms. The maximum Gasteiger partial charge on any atom is 0.213 e. The van der Waals surface area contributed by atoms with Crippen molar-refractivity contribution in [1.29, 1.82) is 0 Å². The van der Waals surface area contributed by atoms with Crippen molar-refractivity contribution in [1.82, 2.24) is 0 Å². The standard InChI is InChI=1S/C21H16N2O3/c24-18-12-11-15(13-19(18)25)14-22-23-20(16-7-3-1-4-8-16)21(26)17-9-5-2-6-10-17/h1-14,24-25H/b22-14-,23-20+. The van der Waals surface area contributed by atoms with Crippen LogP contribution in [0.4, 0.5) is 0 Å². The molecule has 0 aliphatic rings. The highest BCUT2D eigenvalue weighted by atomic mass is 16.3. The quantitative estimate of drug-likeness (QED) is 0.320. The second-order valence-electron chi connectivity index (χ2n) is 5.50. The van der Waals surface area contributed by atoms with Gasteiger partial charge in [-0.05, 0) is 23.8 Å². The molecule has 3 aromatic carbocycles. The van der Waals surface area contributed by atoms with Gasteiger partial charge in [0.15, 0.2) is 11.5 Å². The fraction of sp³-hybridized carbons (Fsp3) is 0. The van der Waals surface area contributed by atoms with E-state index < -0.39 is 0 Å². The smallest absolute Gasteiger partial charge is 0.213 e. The molecule has 0 aliphatic carbocycles. The lowest BCUT2D eigenvalue weighted by atomic mass is 10.0. The van der Waals surface area contributed by atoms with E-state index in [1.54, 1.807) is 42.5 Å². The number of phenolic OH excluding ortho intramolecular Hbond substituents is 2. The third kappa shape index (κ3) is 4.02. The summed E-state index contributed by atoms with van der Waals surface area (Å²) in [5.41, 5.74) is 1.94. The van der Waals surface area contributed by atoms with Gasteiger partial charge in [-0.1, -0.05) is 60.7 Å². The van der Waals surface area contributed by atoms with Crippen LogP contribution in [0.3, 0.4) is 0 Å². The Hall–Kier alpha value is -3.73. The Morgan fingerprint density at radius 3 is 2.00 bits per heavy atom. The monoisotopic (exact) mass is 344 g/mol. The van der Waals surface area contributed by atoms with Crippen LogP contribution in [0, 0.1) is 0 Å². The first-order valence-corrected chi connectivity index (χ1v) is 7.93. The molecule has 0 fully saturated rings. The van der Waals surface area contributed by atoms with Crippen LogP contribution in [0.5, 0.6) is 11.5 Å². The van der Waals surface area contributed by atoms with E-state index in [1.807, 2.05) is 24.3 Å². The number of carbonyl (C=O) groups excluding carboxylic acids is 1. The normalized spacial score (nSPS) is 11.6. The molecule has 0 aliphatic heterocycles. The first kappa shape index (κ1) is 17.1. The second-order valence-corrected chi connectivity index (χ2v) is 5.50. The largest absolute Gasteiger partial charge is 0.504 e. The molecule has 2 N–H and O–H groups in total. The van der Waals surface area contributed by atoms with Gasteiger partial charge in [0.05, 0.1) is 6.21 Å². The van der Waals surface area contributed by atoms with Gasteiger partial charge in [0.1, 0.15) is 5.71 Å². The molecule has 5 nitrogen and oxygen atoms in total. The Morgan fingerprint density at radius 1 is 0.769 bits per heavy atom. The van der Waals surface area contributed by atoms with Gasteiger partial charge >= 0.3 is 0 Å². The van der Waals surface area contributed by atoms with Gasteiger partial charge in [-0.25, -0.2) is 0 Å². The van der Waals surface area contributed by atoms with E-state index in [2.05, 4.69) is 10.2 Å². The lowest BCUT2D eigenvalue weighted by Crippen LogP contribution is -2.15. The number of rotatable bonds is 5. The molecule has 0 amide bonds. The Kier molecular flexibility index (Phi) is 5.19.